The second-order valence-corrected chi connectivity index (χ2v) is 5.36. The number of rotatable bonds is 2. The molecule has 0 saturated carbocycles. The van der Waals surface area contributed by atoms with Gasteiger partial charge >= 0.3 is 5.97 Å². The second kappa shape index (κ2) is 9.31. The Morgan fingerprint density at radius 1 is 1.23 bits per heavy atom. The third kappa shape index (κ3) is 5.54. The molecule has 5 nitrogen and oxygen atoms in total. The van der Waals surface area contributed by atoms with Crippen LogP contribution in [0.25, 0.3) is 11.3 Å². The smallest absolute Gasteiger partial charge is 0.356 e. The van der Waals surface area contributed by atoms with Crippen LogP contribution in [-0.2, 0) is 27.2 Å². The van der Waals surface area contributed by atoms with E-state index in [9.17, 15) is 13.6 Å². The minimum atomic E-state index is -0.983. The van der Waals surface area contributed by atoms with Crippen molar-refractivity contribution >= 4 is 5.97 Å². The van der Waals surface area contributed by atoms with E-state index in [2.05, 4.69) is 16.1 Å². The molecule has 0 aliphatic heterocycles. The number of carboxylic acids is 1. The largest absolute Gasteiger partial charge is 0.476 e. The Morgan fingerprint density at radius 2 is 1.92 bits per heavy atom. The Labute approximate surface area is 163 Å². The number of aromatic carboxylic acids is 1. The molecule has 8 heteroatoms. The number of carboxylic acid groups (broad SMARTS) is 1. The maximum atomic E-state index is 13.4. The molecule has 0 atom stereocenters. The summed E-state index contributed by atoms with van der Waals surface area (Å²) in [7, 11) is 1.71. The molecule has 139 valence electrons. The van der Waals surface area contributed by atoms with Crippen LogP contribution in [0.15, 0.2) is 36.5 Å². The van der Waals surface area contributed by atoms with E-state index in [4.69, 9.17) is 5.11 Å². The van der Waals surface area contributed by atoms with Crippen LogP contribution in [0.4, 0.5) is 8.78 Å². The fraction of sp³-hybridized carbons (Fsp3) is 0.167. The zero-order chi connectivity index (χ0) is 18.6. The standard InChI is InChI=1S/C12H8F2N.C6H8N2O2.Ir/c1-8-4-5-15-12(6-8)10-3-2-9(13)7-11(10)14;1-4-3-5(6(9)10)7-8(4)2;/h2,4-7H,1H3;3H,1-2H3,(H,9,10);/q-1;;. The number of nitrogens with zero attached hydrogens (tertiary/aromatic N) is 3. The number of halogens is 2. The van der Waals surface area contributed by atoms with Gasteiger partial charge in [0.2, 0.25) is 0 Å². The van der Waals surface area contributed by atoms with Crippen molar-refractivity contribution in [2.24, 2.45) is 7.05 Å². The van der Waals surface area contributed by atoms with E-state index in [-0.39, 0.29) is 31.4 Å². The van der Waals surface area contributed by atoms with Gasteiger partial charge in [0.05, 0.1) is 0 Å². The first-order valence-corrected chi connectivity index (χ1v) is 7.31. The van der Waals surface area contributed by atoms with Gasteiger partial charge in [-0.25, -0.2) is 4.79 Å². The second-order valence-electron chi connectivity index (χ2n) is 5.36. The molecule has 0 amide bonds. The van der Waals surface area contributed by atoms with Gasteiger partial charge in [-0.05, 0) is 31.7 Å². The summed E-state index contributed by atoms with van der Waals surface area (Å²) in [5, 5.41) is 12.2. The first-order valence-electron chi connectivity index (χ1n) is 7.31. The van der Waals surface area contributed by atoms with Gasteiger partial charge < -0.3 is 10.1 Å². The molecule has 0 fully saturated rings. The summed E-state index contributed by atoms with van der Waals surface area (Å²) in [6, 6.07) is 9.53. The monoisotopic (exact) mass is 537 g/mol. The minimum Gasteiger partial charge on any atom is -0.476 e. The van der Waals surface area contributed by atoms with Crippen molar-refractivity contribution in [3.63, 3.8) is 0 Å². The van der Waals surface area contributed by atoms with Crippen LogP contribution < -0.4 is 0 Å². The summed E-state index contributed by atoms with van der Waals surface area (Å²) < 4.78 is 27.5. The number of aromatic nitrogens is 3. The molecule has 3 rings (SSSR count). The maximum absolute atomic E-state index is 13.4. The first-order chi connectivity index (χ1) is 11.8. The van der Waals surface area contributed by atoms with Crippen molar-refractivity contribution in [2.75, 3.05) is 0 Å². The van der Waals surface area contributed by atoms with Gasteiger partial charge in [0.25, 0.3) is 0 Å². The van der Waals surface area contributed by atoms with E-state index in [1.165, 1.54) is 10.7 Å². The molecule has 26 heavy (non-hydrogen) atoms. The summed E-state index contributed by atoms with van der Waals surface area (Å²) in [5.41, 5.74) is 2.57. The summed E-state index contributed by atoms with van der Waals surface area (Å²) in [5.74, 6) is -2.26. The molecular weight excluding hydrogens is 520 g/mol. The Hall–Kier alpha value is -2.44. The van der Waals surface area contributed by atoms with Gasteiger partial charge in [-0.1, -0.05) is 23.3 Å². The molecule has 2 heterocycles. The molecule has 1 aromatic carbocycles. The van der Waals surface area contributed by atoms with Crippen LogP contribution >= 0.6 is 0 Å². The summed E-state index contributed by atoms with van der Waals surface area (Å²) >= 11 is 0. The van der Waals surface area contributed by atoms with E-state index in [1.807, 2.05) is 13.0 Å². The summed E-state index contributed by atoms with van der Waals surface area (Å²) in [6.45, 7) is 3.69. The van der Waals surface area contributed by atoms with Gasteiger partial charge in [-0.3, -0.25) is 13.5 Å². The van der Waals surface area contributed by atoms with Crippen molar-refractivity contribution in [1.29, 1.82) is 0 Å². The average molecular weight is 537 g/mol. The Balaban J connectivity index is 0.000000270. The predicted molar refractivity (Wildman–Crippen MR) is 88.1 cm³/mol. The summed E-state index contributed by atoms with van der Waals surface area (Å²) in [4.78, 5) is 14.3. The molecule has 0 saturated heterocycles. The summed E-state index contributed by atoms with van der Waals surface area (Å²) in [6.07, 6.45) is 1.58. The van der Waals surface area contributed by atoms with Crippen LogP contribution in [0.5, 0.6) is 0 Å². The Kier molecular flexibility index (Phi) is 7.74. The molecule has 0 aliphatic carbocycles. The van der Waals surface area contributed by atoms with Crippen molar-refractivity contribution < 1.29 is 38.8 Å². The predicted octanol–water partition coefficient (Wildman–Crippen LogP) is 3.56. The van der Waals surface area contributed by atoms with Crippen LogP contribution in [0.3, 0.4) is 0 Å². The van der Waals surface area contributed by atoms with Crippen LogP contribution in [0.1, 0.15) is 21.7 Å². The SMILES string of the molecule is Cc1cc(C(=O)O)nn1C.Cc1ccnc(-c2[c-]cc(F)cc2F)c1.[Ir]. The zero-order valence-corrected chi connectivity index (χ0v) is 16.6. The Morgan fingerprint density at radius 3 is 2.38 bits per heavy atom. The van der Waals surface area contributed by atoms with Crippen molar-refractivity contribution in [2.45, 2.75) is 13.8 Å². The maximum Gasteiger partial charge on any atom is 0.356 e. The minimum absolute atomic E-state index is 0. The molecule has 1 radical (unpaired) electrons. The van der Waals surface area contributed by atoms with E-state index in [0.717, 1.165) is 23.4 Å². The van der Waals surface area contributed by atoms with E-state index >= 15 is 0 Å². The van der Waals surface area contributed by atoms with Gasteiger partial charge in [-0.15, -0.1) is 12.1 Å². The van der Waals surface area contributed by atoms with Gasteiger partial charge in [0.1, 0.15) is 0 Å². The van der Waals surface area contributed by atoms with E-state index in [0.29, 0.717) is 5.69 Å². The number of hydrogen-bond acceptors (Lipinski definition) is 3. The van der Waals surface area contributed by atoms with Crippen LogP contribution in [0, 0.1) is 31.5 Å². The molecule has 2 aromatic heterocycles. The van der Waals surface area contributed by atoms with E-state index < -0.39 is 17.6 Å². The zero-order valence-electron chi connectivity index (χ0n) is 14.3. The molecule has 3 aromatic rings. The van der Waals surface area contributed by atoms with Crippen molar-refractivity contribution in [1.82, 2.24) is 14.8 Å². The van der Waals surface area contributed by atoms with Crippen molar-refractivity contribution in [3.8, 4) is 11.3 Å². The molecule has 1 N–H and O–H groups in total. The van der Waals surface area contributed by atoms with E-state index in [1.54, 1.807) is 26.2 Å². The fourth-order valence-corrected chi connectivity index (χ4v) is 1.98. The number of hydrogen-bond donors (Lipinski definition) is 1. The van der Waals surface area contributed by atoms with Gasteiger partial charge in [0, 0.05) is 50.7 Å². The topological polar surface area (TPSA) is 68.0 Å². The number of benzene rings is 1. The molecule has 0 bridgehead atoms. The van der Waals surface area contributed by atoms with Gasteiger partial charge in [0.15, 0.2) is 5.69 Å². The van der Waals surface area contributed by atoms with Crippen LogP contribution in [0.2, 0.25) is 0 Å². The number of pyridine rings is 1. The average Bonchev–Trinajstić information content (AvgIpc) is 2.88. The molecule has 0 aliphatic rings. The van der Waals surface area contributed by atoms with Crippen LogP contribution in [-0.4, -0.2) is 25.8 Å². The van der Waals surface area contributed by atoms with Gasteiger partial charge in [-0.2, -0.15) is 5.10 Å². The quantitative estimate of drug-likeness (QED) is 0.509. The fourth-order valence-electron chi connectivity index (χ4n) is 1.98. The Bertz CT molecular complexity index is 894. The normalized spacial score (nSPS) is 9.73. The third-order valence-electron chi connectivity index (χ3n) is 3.36. The first kappa shape index (κ1) is 21.6. The van der Waals surface area contributed by atoms with Crippen molar-refractivity contribution in [3.05, 3.63) is 71.2 Å². The molecule has 0 unspecified atom stereocenters. The number of carbonyl (C=O) groups is 1. The number of aryl methyl sites for hydroxylation is 3. The molecular formula is C18H16F2IrN3O2-. The third-order valence-corrected chi connectivity index (χ3v) is 3.36. The molecule has 0 spiro atoms.